The second-order valence-electron chi connectivity index (χ2n) is 6.48. The van der Waals surface area contributed by atoms with Crippen LogP contribution in [0.5, 0.6) is 0 Å². The molecule has 2 heterocycles. The molecular weight excluding hydrogens is 450 g/mol. The summed E-state index contributed by atoms with van der Waals surface area (Å²) in [5, 5.41) is 8.10. The van der Waals surface area contributed by atoms with E-state index in [0.717, 1.165) is 18.6 Å². The lowest BCUT2D eigenvalue weighted by Crippen LogP contribution is -2.43. The quantitative estimate of drug-likeness (QED) is 0.354. The third-order valence-corrected chi connectivity index (χ3v) is 5.12. The van der Waals surface area contributed by atoms with Crippen molar-refractivity contribution >= 4 is 21.9 Å². The highest BCUT2D eigenvalue weighted by atomic mass is 79.9. The van der Waals surface area contributed by atoms with E-state index in [0.29, 0.717) is 6.42 Å². The summed E-state index contributed by atoms with van der Waals surface area (Å²) >= 11 is 3.32. The van der Waals surface area contributed by atoms with Crippen molar-refractivity contribution in [1.29, 1.82) is 0 Å². The molecule has 3 rings (SSSR count). The van der Waals surface area contributed by atoms with Gasteiger partial charge in [-0.25, -0.2) is 28.1 Å². The number of rotatable bonds is 9. The Kier molecular flexibility index (Phi) is 6.68. The van der Waals surface area contributed by atoms with Crippen molar-refractivity contribution in [2.45, 2.75) is 43.3 Å². The lowest BCUT2D eigenvalue weighted by Gasteiger charge is -2.34. The zero-order chi connectivity index (χ0) is 20.9. The van der Waals surface area contributed by atoms with Crippen molar-refractivity contribution in [3.63, 3.8) is 0 Å². The third kappa shape index (κ3) is 5.03. The third-order valence-electron chi connectivity index (χ3n) is 4.28. The molecule has 0 amide bonds. The van der Waals surface area contributed by atoms with Gasteiger partial charge in [0.1, 0.15) is 41.8 Å². The Hall–Kier alpha value is -2.69. The lowest BCUT2D eigenvalue weighted by atomic mass is 9.92. The number of benzene rings is 1. The van der Waals surface area contributed by atoms with Crippen LogP contribution in [-0.4, -0.2) is 40.3 Å². The van der Waals surface area contributed by atoms with Gasteiger partial charge >= 0.3 is 5.97 Å². The van der Waals surface area contributed by atoms with Crippen molar-refractivity contribution in [1.82, 2.24) is 29.5 Å². The number of alkyl halides is 1. The van der Waals surface area contributed by atoms with E-state index >= 15 is 0 Å². The minimum Gasteiger partial charge on any atom is -0.449 e. The average molecular weight is 469 g/mol. The molecule has 0 fully saturated rings. The molecule has 0 aliphatic carbocycles. The highest BCUT2D eigenvalue weighted by Gasteiger charge is 2.42. The van der Waals surface area contributed by atoms with Crippen LogP contribution in [0, 0.1) is 11.6 Å². The van der Waals surface area contributed by atoms with Gasteiger partial charge in [0.05, 0.1) is 13.1 Å². The SMILES string of the molecule is CCCC(Br)C(=O)OC(Cn1cncn1)(Cn1cncn1)c1ccc(F)cc1F. The van der Waals surface area contributed by atoms with Crippen LogP contribution in [0.15, 0.2) is 43.5 Å². The van der Waals surface area contributed by atoms with Crippen LogP contribution in [0.4, 0.5) is 8.78 Å². The minimum absolute atomic E-state index is 0.00514. The van der Waals surface area contributed by atoms with Gasteiger partial charge in [-0.1, -0.05) is 29.3 Å². The van der Waals surface area contributed by atoms with E-state index in [2.05, 4.69) is 36.1 Å². The molecule has 0 bridgehead atoms. The van der Waals surface area contributed by atoms with Crippen molar-refractivity contribution in [3.8, 4) is 0 Å². The number of carbonyl (C=O) groups is 1. The fourth-order valence-corrected chi connectivity index (χ4v) is 3.53. The number of hydrogen-bond donors (Lipinski definition) is 0. The molecule has 0 N–H and O–H groups in total. The average Bonchev–Trinajstić information content (AvgIpc) is 3.35. The topological polar surface area (TPSA) is 87.7 Å². The first-order valence-corrected chi connectivity index (χ1v) is 9.82. The Morgan fingerprint density at radius 2 is 1.79 bits per heavy atom. The maximum Gasteiger partial charge on any atom is 0.320 e. The van der Waals surface area contributed by atoms with Crippen molar-refractivity contribution < 1.29 is 18.3 Å². The number of hydrogen-bond acceptors (Lipinski definition) is 6. The predicted molar refractivity (Wildman–Crippen MR) is 102 cm³/mol. The number of ether oxygens (including phenoxy) is 1. The summed E-state index contributed by atoms with van der Waals surface area (Å²) < 4.78 is 37.1. The first-order chi connectivity index (χ1) is 13.9. The molecule has 0 radical (unpaired) electrons. The van der Waals surface area contributed by atoms with E-state index in [4.69, 9.17) is 4.74 Å². The molecule has 0 spiro atoms. The first-order valence-electron chi connectivity index (χ1n) is 8.91. The van der Waals surface area contributed by atoms with Gasteiger partial charge in [-0.3, -0.25) is 4.79 Å². The van der Waals surface area contributed by atoms with Crippen LogP contribution in [0.25, 0.3) is 0 Å². The van der Waals surface area contributed by atoms with Crippen molar-refractivity contribution in [3.05, 3.63) is 60.7 Å². The maximum atomic E-state index is 14.9. The number of aromatic nitrogens is 6. The maximum absolute atomic E-state index is 14.9. The van der Waals surface area contributed by atoms with Crippen molar-refractivity contribution in [2.24, 2.45) is 0 Å². The molecule has 8 nitrogen and oxygen atoms in total. The molecule has 0 aliphatic heterocycles. The van der Waals surface area contributed by atoms with E-state index in [9.17, 15) is 13.6 Å². The summed E-state index contributed by atoms with van der Waals surface area (Å²) in [6, 6.07) is 3.12. The zero-order valence-electron chi connectivity index (χ0n) is 15.6. The molecule has 1 aromatic carbocycles. The van der Waals surface area contributed by atoms with E-state index in [-0.39, 0.29) is 18.7 Å². The zero-order valence-corrected chi connectivity index (χ0v) is 17.2. The summed E-state index contributed by atoms with van der Waals surface area (Å²) in [7, 11) is 0. The fourth-order valence-electron chi connectivity index (χ4n) is 2.98. The van der Waals surface area contributed by atoms with Gasteiger partial charge in [0, 0.05) is 11.6 Å². The van der Waals surface area contributed by atoms with Crippen molar-refractivity contribution in [2.75, 3.05) is 0 Å². The summed E-state index contributed by atoms with van der Waals surface area (Å²) in [5.41, 5.74) is -1.58. The van der Waals surface area contributed by atoms with Crippen LogP contribution in [0.1, 0.15) is 25.3 Å². The highest BCUT2D eigenvalue weighted by molar-refractivity contribution is 9.10. The molecule has 1 unspecified atom stereocenters. The smallest absolute Gasteiger partial charge is 0.320 e. The standard InChI is InChI=1S/C18H19BrF2N6O2/c1-2-3-15(19)17(28)29-18(7-26-11-22-9-24-26,8-27-12-23-10-25-27)14-5-4-13(20)6-16(14)21/h4-6,9-12,15H,2-3,7-8H2,1H3. The summed E-state index contributed by atoms with van der Waals surface area (Å²) in [6.45, 7) is 1.80. The molecule has 11 heteroatoms. The van der Waals surface area contributed by atoms with E-state index < -0.39 is 28.0 Å². The Morgan fingerprint density at radius 3 is 2.28 bits per heavy atom. The normalized spacial score (nSPS) is 12.7. The van der Waals surface area contributed by atoms with Gasteiger partial charge in [-0.2, -0.15) is 10.2 Å². The van der Waals surface area contributed by atoms with Gasteiger partial charge in [0.25, 0.3) is 0 Å². The summed E-state index contributed by atoms with van der Waals surface area (Å²) in [6.07, 6.45) is 6.75. The Bertz CT molecular complexity index is 900. The Labute approximate surface area is 174 Å². The minimum atomic E-state index is -1.57. The van der Waals surface area contributed by atoms with Crippen LogP contribution in [0.3, 0.4) is 0 Å². The summed E-state index contributed by atoms with van der Waals surface area (Å²) in [5.74, 6) is -2.16. The van der Waals surface area contributed by atoms with Gasteiger partial charge in [0.15, 0.2) is 5.60 Å². The molecule has 3 aromatic rings. The second-order valence-corrected chi connectivity index (χ2v) is 7.59. The number of carbonyl (C=O) groups excluding carboxylic acids is 1. The van der Waals surface area contributed by atoms with E-state index in [1.54, 1.807) is 0 Å². The Balaban J connectivity index is 2.09. The van der Waals surface area contributed by atoms with E-state index in [1.807, 2.05) is 6.92 Å². The van der Waals surface area contributed by atoms with Gasteiger partial charge in [0.2, 0.25) is 0 Å². The van der Waals surface area contributed by atoms with Crippen LogP contribution >= 0.6 is 15.9 Å². The van der Waals surface area contributed by atoms with Gasteiger partial charge in [-0.15, -0.1) is 0 Å². The van der Waals surface area contributed by atoms with Crippen LogP contribution in [0.2, 0.25) is 0 Å². The molecule has 29 heavy (non-hydrogen) atoms. The molecule has 0 saturated carbocycles. The predicted octanol–water partition coefficient (Wildman–Crippen LogP) is 2.85. The number of halogens is 3. The van der Waals surface area contributed by atoms with E-state index in [1.165, 1.54) is 40.7 Å². The molecule has 2 aromatic heterocycles. The largest absolute Gasteiger partial charge is 0.449 e. The molecule has 1 atom stereocenters. The van der Waals surface area contributed by atoms with Crippen LogP contribution in [-0.2, 0) is 28.2 Å². The second kappa shape index (κ2) is 9.21. The first kappa shape index (κ1) is 21.0. The highest BCUT2D eigenvalue weighted by Crippen LogP contribution is 2.34. The van der Waals surface area contributed by atoms with Gasteiger partial charge < -0.3 is 4.74 Å². The number of esters is 1. The summed E-state index contributed by atoms with van der Waals surface area (Å²) in [4.78, 5) is 20.0. The monoisotopic (exact) mass is 468 g/mol. The Morgan fingerprint density at radius 1 is 1.17 bits per heavy atom. The molecule has 0 aliphatic rings. The molecule has 0 saturated heterocycles. The molecule has 154 valence electrons. The van der Waals surface area contributed by atoms with Gasteiger partial charge in [-0.05, 0) is 18.6 Å². The lowest BCUT2D eigenvalue weighted by molar-refractivity contribution is -0.165. The molecular formula is C18H19BrF2N6O2. The van der Waals surface area contributed by atoms with Crippen LogP contribution < -0.4 is 0 Å². The fraction of sp³-hybridized carbons (Fsp3) is 0.389. The number of nitrogens with zero attached hydrogens (tertiary/aromatic N) is 6.